The van der Waals surface area contributed by atoms with Gasteiger partial charge >= 0.3 is 12.3 Å². The van der Waals surface area contributed by atoms with Crippen molar-refractivity contribution in [3.8, 4) is 11.5 Å². The maximum atomic E-state index is 11.1. The van der Waals surface area contributed by atoms with E-state index < -0.39 is 12.3 Å². The summed E-state index contributed by atoms with van der Waals surface area (Å²) in [4.78, 5) is 29.1. The molecule has 0 atom stereocenters. The number of aromatic amines is 1. The number of imidazole rings is 1. The molecule has 0 aliphatic heterocycles. The first-order valence-corrected chi connectivity index (χ1v) is 5.12. The van der Waals surface area contributed by atoms with E-state index in [1.165, 1.54) is 18.5 Å². The standard InChI is InChI=1S/C11H10N2O6/c1-16-10(14)18-8-3-6-7(13-5-12-6)4-9(8)19-11(15)17-2/h3-5H,1-2H3,(H,12,13). The van der Waals surface area contributed by atoms with Crippen LogP contribution in [0.15, 0.2) is 18.5 Å². The number of hydrogen-bond acceptors (Lipinski definition) is 7. The van der Waals surface area contributed by atoms with Crippen LogP contribution in [0.2, 0.25) is 0 Å². The predicted molar refractivity (Wildman–Crippen MR) is 62.2 cm³/mol. The highest BCUT2D eigenvalue weighted by Crippen LogP contribution is 2.31. The molecule has 0 aliphatic carbocycles. The second kappa shape index (κ2) is 5.25. The van der Waals surface area contributed by atoms with Crippen LogP contribution in [-0.2, 0) is 9.47 Å². The number of fused-ring (bicyclic) bond motifs is 1. The van der Waals surface area contributed by atoms with Crippen molar-refractivity contribution in [2.24, 2.45) is 0 Å². The number of rotatable bonds is 2. The number of carbonyl (C=O) groups is 2. The van der Waals surface area contributed by atoms with Gasteiger partial charge in [-0.25, -0.2) is 14.6 Å². The predicted octanol–water partition coefficient (Wildman–Crippen LogP) is 1.85. The monoisotopic (exact) mass is 266 g/mol. The van der Waals surface area contributed by atoms with Crippen LogP contribution < -0.4 is 9.47 Å². The molecular formula is C11H10N2O6. The van der Waals surface area contributed by atoms with Crippen molar-refractivity contribution in [3.63, 3.8) is 0 Å². The van der Waals surface area contributed by atoms with E-state index >= 15 is 0 Å². The average Bonchev–Trinajstić information content (AvgIpc) is 2.85. The first-order valence-electron chi connectivity index (χ1n) is 5.12. The minimum atomic E-state index is -0.940. The van der Waals surface area contributed by atoms with Gasteiger partial charge < -0.3 is 23.9 Å². The number of ether oxygens (including phenoxy) is 4. The zero-order chi connectivity index (χ0) is 13.8. The molecule has 0 amide bonds. The van der Waals surface area contributed by atoms with E-state index in [0.29, 0.717) is 11.0 Å². The number of nitrogens with one attached hydrogen (secondary N) is 1. The fourth-order valence-corrected chi connectivity index (χ4v) is 1.37. The van der Waals surface area contributed by atoms with Crippen molar-refractivity contribution in [3.05, 3.63) is 18.5 Å². The molecule has 1 N–H and O–H groups in total. The number of nitrogens with zero attached hydrogens (tertiary/aromatic N) is 1. The highest BCUT2D eigenvalue weighted by Gasteiger charge is 2.16. The third kappa shape index (κ3) is 2.73. The molecule has 0 bridgehead atoms. The van der Waals surface area contributed by atoms with Crippen LogP contribution in [0.4, 0.5) is 9.59 Å². The summed E-state index contributed by atoms with van der Waals surface area (Å²) in [6, 6.07) is 2.89. The van der Waals surface area contributed by atoms with Crippen LogP contribution in [-0.4, -0.2) is 36.5 Å². The fraction of sp³-hybridized carbons (Fsp3) is 0.182. The maximum absolute atomic E-state index is 11.1. The molecule has 0 radical (unpaired) electrons. The molecule has 0 aliphatic rings. The highest BCUT2D eigenvalue weighted by atomic mass is 16.7. The van der Waals surface area contributed by atoms with Crippen molar-refractivity contribution in [2.75, 3.05) is 14.2 Å². The van der Waals surface area contributed by atoms with Gasteiger partial charge in [0.25, 0.3) is 0 Å². The molecule has 0 saturated carbocycles. The lowest BCUT2D eigenvalue weighted by atomic mass is 10.3. The Kier molecular flexibility index (Phi) is 3.51. The van der Waals surface area contributed by atoms with Crippen LogP contribution >= 0.6 is 0 Å². The van der Waals surface area contributed by atoms with Crippen molar-refractivity contribution < 1.29 is 28.5 Å². The normalized spacial score (nSPS) is 10.0. The largest absolute Gasteiger partial charge is 0.513 e. The quantitative estimate of drug-likeness (QED) is 0.653. The van der Waals surface area contributed by atoms with Gasteiger partial charge in [0.15, 0.2) is 11.5 Å². The number of H-pyrrole nitrogens is 1. The summed E-state index contributed by atoms with van der Waals surface area (Å²) in [5.74, 6) is 0.00542. The van der Waals surface area contributed by atoms with E-state index in [0.717, 1.165) is 14.2 Å². The molecule has 1 heterocycles. The van der Waals surface area contributed by atoms with Gasteiger partial charge in [-0.05, 0) is 0 Å². The van der Waals surface area contributed by atoms with E-state index in [2.05, 4.69) is 19.4 Å². The summed E-state index contributed by atoms with van der Waals surface area (Å²) in [5, 5.41) is 0. The van der Waals surface area contributed by atoms with Crippen LogP contribution in [0.1, 0.15) is 0 Å². The van der Waals surface area contributed by atoms with Gasteiger partial charge in [0.1, 0.15) is 0 Å². The van der Waals surface area contributed by atoms with Gasteiger partial charge in [0.2, 0.25) is 0 Å². The van der Waals surface area contributed by atoms with Gasteiger partial charge in [-0.1, -0.05) is 0 Å². The van der Waals surface area contributed by atoms with E-state index in [1.807, 2.05) is 0 Å². The summed E-state index contributed by atoms with van der Waals surface area (Å²) in [5.41, 5.74) is 1.15. The zero-order valence-corrected chi connectivity index (χ0v) is 10.1. The molecule has 1 aromatic carbocycles. The molecule has 0 saturated heterocycles. The van der Waals surface area contributed by atoms with Crippen molar-refractivity contribution >= 4 is 23.3 Å². The van der Waals surface area contributed by atoms with E-state index in [-0.39, 0.29) is 11.5 Å². The zero-order valence-electron chi connectivity index (χ0n) is 10.1. The minimum Gasteiger partial charge on any atom is -0.437 e. The van der Waals surface area contributed by atoms with E-state index in [9.17, 15) is 9.59 Å². The summed E-state index contributed by atoms with van der Waals surface area (Å²) >= 11 is 0. The number of hydrogen-bond donors (Lipinski definition) is 1. The smallest absolute Gasteiger partial charge is 0.437 e. The van der Waals surface area contributed by atoms with Crippen LogP contribution in [0.3, 0.4) is 0 Å². The molecule has 19 heavy (non-hydrogen) atoms. The van der Waals surface area contributed by atoms with Crippen molar-refractivity contribution in [1.82, 2.24) is 9.97 Å². The van der Waals surface area contributed by atoms with Gasteiger partial charge in [-0.3, -0.25) is 0 Å². The lowest BCUT2D eigenvalue weighted by Crippen LogP contribution is -2.11. The number of aromatic nitrogens is 2. The molecule has 1 aromatic heterocycles. The average molecular weight is 266 g/mol. The van der Waals surface area contributed by atoms with E-state index in [4.69, 9.17) is 9.47 Å². The Morgan fingerprint density at radius 3 is 2.21 bits per heavy atom. The summed E-state index contributed by atoms with van der Waals surface area (Å²) in [6.07, 6.45) is -0.424. The Balaban J connectivity index is 2.40. The number of methoxy groups -OCH3 is 2. The van der Waals surface area contributed by atoms with Gasteiger partial charge in [-0.2, -0.15) is 0 Å². The Morgan fingerprint density at radius 2 is 1.63 bits per heavy atom. The third-order valence-electron chi connectivity index (χ3n) is 2.21. The molecule has 0 unspecified atom stereocenters. The van der Waals surface area contributed by atoms with E-state index in [1.54, 1.807) is 0 Å². The maximum Gasteiger partial charge on any atom is 0.513 e. The molecule has 2 rings (SSSR count). The Morgan fingerprint density at radius 1 is 1.05 bits per heavy atom. The fourth-order valence-electron chi connectivity index (χ4n) is 1.37. The Hall–Kier alpha value is -2.77. The highest BCUT2D eigenvalue weighted by molar-refractivity contribution is 5.82. The second-order valence-electron chi connectivity index (χ2n) is 3.33. The Labute approximate surface area is 107 Å². The molecule has 0 spiro atoms. The third-order valence-corrected chi connectivity index (χ3v) is 2.21. The summed E-state index contributed by atoms with van der Waals surface area (Å²) in [7, 11) is 2.33. The summed E-state index contributed by atoms with van der Waals surface area (Å²) < 4.78 is 18.5. The first kappa shape index (κ1) is 12.7. The molecule has 2 aromatic rings. The van der Waals surface area contributed by atoms with Gasteiger partial charge in [0, 0.05) is 12.1 Å². The number of benzene rings is 1. The summed E-state index contributed by atoms with van der Waals surface area (Å²) in [6.45, 7) is 0. The van der Waals surface area contributed by atoms with Crippen LogP contribution in [0.5, 0.6) is 11.5 Å². The van der Waals surface area contributed by atoms with Gasteiger partial charge in [-0.15, -0.1) is 0 Å². The van der Waals surface area contributed by atoms with Crippen molar-refractivity contribution in [1.29, 1.82) is 0 Å². The molecule has 8 nitrogen and oxygen atoms in total. The minimum absolute atomic E-state index is 0.00292. The lowest BCUT2D eigenvalue weighted by molar-refractivity contribution is 0.111. The van der Waals surface area contributed by atoms with Gasteiger partial charge in [0.05, 0.1) is 31.6 Å². The topological polar surface area (TPSA) is 99.7 Å². The second-order valence-corrected chi connectivity index (χ2v) is 3.33. The first-order chi connectivity index (χ1) is 9.13. The number of carbonyl (C=O) groups excluding carboxylic acids is 2. The Bertz CT molecular complexity index is 569. The molecule has 100 valence electrons. The lowest BCUT2D eigenvalue weighted by Gasteiger charge is -2.08. The van der Waals surface area contributed by atoms with Crippen molar-refractivity contribution in [2.45, 2.75) is 0 Å². The molecule has 0 fully saturated rings. The SMILES string of the molecule is COC(=O)Oc1cc2nc[nH]c2cc1OC(=O)OC. The molecule has 8 heteroatoms. The van der Waals surface area contributed by atoms with Crippen LogP contribution in [0, 0.1) is 0 Å². The molecular weight excluding hydrogens is 256 g/mol. The van der Waals surface area contributed by atoms with Crippen LogP contribution in [0.25, 0.3) is 11.0 Å².